The second-order valence-electron chi connectivity index (χ2n) is 7.95. The number of ether oxygens (including phenoxy) is 4. The maximum Gasteiger partial charge on any atom is 0.509 e. The molecule has 1 heterocycles. The number of fused-ring (bicyclic) bond motifs is 1. The Morgan fingerprint density at radius 3 is 2.63 bits per heavy atom. The van der Waals surface area contributed by atoms with Crippen molar-refractivity contribution in [1.82, 2.24) is 0 Å². The van der Waals surface area contributed by atoms with Gasteiger partial charge in [-0.1, -0.05) is 26.0 Å². The second-order valence-corrected chi connectivity index (χ2v) is 7.95. The van der Waals surface area contributed by atoms with E-state index in [0.29, 0.717) is 25.9 Å². The van der Waals surface area contributed by atoms with Crippen molar-refractivity contribution in [3.05, 3.63) is 29.8 Å². The van der Waals surface area contributed by atoms with Crippen LogP contribution >= 0.6 is 0 Å². The number of carbonyl (C=O) groups is 2. The van der Waals surface area contributed by atoms with Crippen molar-refractivity contribution in [1.29, 1.82) is 0 Å². The van der Waals surface area contributed by atoms with Crippen LogP contribution in [0.2, 0.25) is 0 Å². The molecule has 0 radical (unpaired) electrons. The normalized spacial score (nSPS) is 31.9. The van der Waals surface area contributed by atoms with E-state index >= 15 is 0 Å². The fraction of sp³-hybridized carbons (Fsp3) is 0.619. The molecule has 1 saturated carbocycles. The van der Waals surface area contributed by atoms with E-state index in [1.807, 2.05) is 24.3 Å². The largest absolute Gasteiger partial charge is 0.509 e. The molecule has 3 rings (SSSR count). The third kappa shape index (κ3) is 3.55. The number of hydrogen-bond acceptors (Lipinski definition) is 6. The lowest BCUT2D eigenvalue weighted by atomic mass is 9.68. The van der Waals surface area contributed by atoms with Gasteiger partial charge in [-0.3, -0.25) is 0 Å². The molecule has 0 bridgehead atoms. The summed E-state index contributed by atoms with van der Waals surface area (Å²) in [4.78, 5) is 23.5. The highest BCUT2D eigenvalue weighted by atomic mass is 16.8. The van der Waals surface area contributed by atoms with E-state index in [9.17, 15) is 9.59 Å². The minimum atomic E-state index is -0.856. The number of hydrogen-bond donors (Lipinski definition) is 0. The molecule has 2 fully saturated rings. The Labute approximate surface area is 160 Å². The molecule has 6 heteroatoms. The van der Waals surface area contributed by atoms with Gasteiger partial charge in [-0.2, -0.15) is 0 Å². The van der Waals surface area contributed by atoms with Crippen LogP contribution in [0.4, 0.5) is 4.79 Å². The zero-order chi connectivity index (χ0) is 19.7. The van der Waals surface area contributed by atoms with Crippen LogP contribution in [0.5, 0.6) is 5.75 Å². The molecule has 27 heavy (non-hydrogen) atoms. The van der Waals surface area contributed by atoms with Crippen molar-refractivity contribution in [3.8, 4) is 5.75 Å². The maximum absolute atomic E-state index is 11.9. The zero-order valence-electron chi connectivity index (χ0n) is 16.4. The molecular formula is C21H28O6. The van der Waals surface area contributed by atoms with E-state index in [-0.39, 0.29) is 29.8 Å². The van der Waals surface area contributed by atoms with E-state index in [4.69, 9.17) is 18.9 Å². The van der Waals surface area contributed by atoms with Crippen molar-refractivity contribution in [2.45, 2.75) is 58.3 Å². The van der Waals surface area contributed by atoms with Crippen molar-refractivity contribution in [3.63, 3.8) is 0 Å². The summed E-state index contributed by atoms with van der Waals surface area (Å²) in [6.07, 6.45) is 0.821. The molecule has 0 amide bonds. The summed E-state index contributed by atoms with van der Waals surface area (Å²) in [7, 11) is 1.63. The van der Waals surface area contributed by atoms with Crippen LogP contribution in [-0.2, 0) is 25.6 Å². The molecule has 1 aliphatic carbocycles. The highest BCUT2D eigenvalue weighted by Gasteiger charge is 2.69. The summed E-state index contributed by atoms with van der Waals surface area (Å²) < 4.78 is 22.4. The average molecular weight is 376 g/mol. The van der Waals surface area contributed by atoms with Gasteiger partial charge >= 0.3 is 6.16 Å². The van der Waals surface area contributed by atoms with Crippen molar-refractivity contribution in [2.24, 2.45) is 11.3 Å². The maximum atomic E-state index is 11.9. The first-order valence-electron chi connectivity index (χ1n) is 9.40. The number of ketones is 1. The number of rotatable bonds is 8. The molecular weight excluding hydrogens is 348 g/mol. The van der Waals surface area contributed by atoms with E-state index < -0.39 is 11.8 Å². The Kier molecular flexibility index (Phi) is 5.47. The summed E-state index contributed by atoms with van der Waals surface area (Å²) in [5.74, 6) is 1.17. The summed E-state index contributed by atoms with van der Waals surface area (Å²) in [5.41, 5.74) is -0.230. The first-order valence-corrected chi connectivity index (χ1v) is 9.40. The van der Waals surface area contributed by atoms with E-state index in [1.54, 1.807) is 14.0 Å². The monoisotopic (exact) mass is 376 g/mol. The van der Waals surface area contributed by atoms with Crippen LogP contribution in [0.3, 0.4) is 0 Å². The minimum absolute atomic E-state index is 0.131. The van der Waals surface area contributed by atoms with Gasteiger partial charge in [0.15, 0.2) is 5.60 Å². The van der Waals surface area contributed by atoms with Gasteiger partial charge in [-0.25, -0.2) is 4.79 Å². The topological polar surface area (TPSA) is 71.1 Å². The molecule has 1 aliphatic heterocycles. The van der Waals surface area contributed by atoms with Gasteiger partial charge in [0.2, 0.25) is 0 Å². The summed E-state index contributed by atoms with van der Waals surface area (Å²) in [5, 5.41) is 0. The van der Waals surface area contributed by atoms with Crippen molar-refractivity contribution < 1.29 is 28.5 Å². The molecule has 0 unspecified atom stereocenters. The Bertz CT molecular complexity index is 699. The van der Waals surface area contributed by atoms with E-state index in [2.05, 4.69) is 13.8 Å². The number of methoxy groups -OCH3 is 1. The SMILES string of the molecule is COc1ccc(COC[C@@]23OC(=O)O[C@@H]2C[C@@H](C)[C@]3(C)CCC(C)=O)cc1. The van der Waals surface area contributed by atoms with Gasteiger partial charge in [-0.15, -0.1) is 0 Å². The minimum Gasteiger partial charge on any atom is -0.497 e. The number of Topliss-reactive ketones (excluding diaryl/α,β-unsaturated/α-hetero) is 1. The second kappa shape index (κ2) is 7.50. The quantitative estimate of drug-likeness (QED) is 0.641. The van der Waals surface area contributed by atoms with Gasteiger partial charge < -0.3 is 23.7 Å². The first-order chi connectivity index (χ1) is 12.8. The Morgan fingerprint density at radius 1 is 1.30 bits per heavy atom. The molecule has 0 spiro atoms. The van der Waals surface area contributed by atoms with E-state index in [0.717, 1.165) is 11.3 Å². The van der Waals surface area contributed by atoms with Gasteiger partial charge in [0, 0.05) is 11.8 Å². The third-order valence-electron chi connectivity index (χ3n) is 6.39. The first kappa shape index (κ1) is 19.7. The lowest BCUT2D eigenvalue weighted by Gasteiger charge is -2.42. The smallest absolute Gasteiger partial charge is 0.497 e. The van der Waals surface area contributed by atoms with Gasteiger partial charge in [-0.05, 0) is 43.4 Å². The van der Waals surface area contributed by atoms with Crippen LogP contribution in [0.1, 0.15) is 45.6 Å². The summed E-state index contributed by atoms with van der Waals surface area (Å²) in [6, 6.07) is 7.65. The zero-order valence-corrected chi connectivity index (χ0v) is 16.4. The Morgan fingerprint density at radius 2 is 2.00 bits per heavy atom. The lowest BCUT2D eigenvalue weighted by molar-refractivity contribution is -0.126. The van der Waals surface area contributed by atoms with Gasteiger partial charge in [0.25, 0.3) is 0 Å². The summed E-state index contributed by atoms with van der Waals surface area (Å²) >= 11 is 0. The lowest BCUT2D eigenvalue weighted by Crippen LogP contribution is -2.53. The molecule has 6 nitrogen and oxygen atoms in total. The fourth-order valence-electron chi connectivity index (χ4n) is 4.39. The van der Waals surface area contributed by atoms with Crippen molar-refractivity contribution >= 4 is 11.9 Å². The molecule has 0 N–H and O–H groups in total. The van der Waals surface area contributed by atoms with Gasteiger partial charge in [0.1, 0.15) is 17.6 Å². The van der Waals surface area contributed by atoms with Crippen LogP contribution in [0.25, 0.3) is 0 Å². The number of carbonyl (C=O) groups excluding carboxylic acids is 2. The molecule has 0 aromatic heterocycles. The molecule has 2 aliphatic rings. The highest BCUT2D eigenvalue weighted by molar-refractivity contribution is 5.75. The molecule has 1 aromatic carbocycles. The molecule has 1 aromatic rings. The van der Waals surface area contributed by atoms with E-state index in [1.165, 1.54) is 0 Å². The Hall–Kier alpha value is -2.08. The molecule has 4 atom stereocenters. The number of benzene rings is 1. The average Bonchev–Trinajstić information content (AvgIpc) is 3.05. The standard InChI is InChI=1S/C21H28O6/c1-14-11-18-21(27-19(23)26-18,20(14,3)10-9-15(2)22)13-25-12-16-5-7-17(24-4)8-6-16/h5-8,14,18H,9-13H2,1-4H3/t14-,18-,20+,21-/m1/s1. The highest BCUT2D eigenvalue weighted by Crippen LogP contribution is 2.58. The van der Waals surface area contributed by atoms with Crippen LogP contribution in [-0.4, -0.2) is 37.4 Å². The predicted octanol–water partition coefficient (Wildman–Crippen LogP) is 3.90. The summed E-state index contributed by atoms with van der Waals surface area (Å²) in [6.45, 7) is 6.44. The van der Waals surface area contributed by atoms with Crippen LogP contribution in [0.15, 0.2) is 24.3 Å². The fourth-order valence-corrected chi connectivity index (χ4v) is 4.39. The van der Waals surface area contributed by atoms with Gasteiger partial charge in [0.05, 0.1) is 20.3 Å². The van der Waals surface area contributed by atoms with Crippen LogP contribution < -0.4 is 4.74 Å². The molecule has 1 saturated heterocycles. The van der Waals surface area contributed by atoms with Crippen molar-refractivity contribution in [2.75, 3.05) is 13.7 Å². The third-order valence-corrected chi connectivity index (χ3v) is 6.39. The molecule has 148 valence electrons. The predicted molar refractivity (Wildman–Crippen MR) is 98.5 cm³/mol. The van der Waals surface area contributed by atoms with Crippen LogP contribution in [0, 0.1) is 11.3 Å². The Balaban J connectivity index is 1.75.